The summed E-state index contributed by atoms with van der Waals surface area (Å²) in [7, 11) is 2.03. The monoisotopic (exact) mass is 255 g/mol. The predicted molar refractivity (Wildman–Crippen MR) is 71.3 cm³/mol. The van der Waals surface area contributed by atoms with Crippen LogP contribution < -0.4 is 5.32 Å². The standard InChI is InChI=1S/C13H22ClN3/c1-3-8-17-13(11(14)9-16-17)12(15-2)10-6-4-5-7-10/h9-10,12,15H,3-8H2,1-2H3. The van der Waals surface area contributed by atoms with Gasteiger partial charge >= 0.3 is 0 Å². The van der Waals surface area contributed by atoms with E-state index in [4.69, 9.17) is 11.6 Å². The van der Waals surface area contributed by atoms with Crippen LogP contribution in [0, 0.1) is 5.92 Å². The van der Waals surface area contributed by atoms with E-state index in [-0.39, 0.29) is 0 Å². The third-order valence-electron chi connectivity index (χ3n) is 3.75. The van der Waals surface area contributed by atoms with Crippen molar-refractivity contribution in [3.05, 3.63) is 16.9 Å². The number of nitrogens with one attached hydrogen (secondary N) is 1. The lowest BCUT2D eigenvalue weighted by atomic mass is 9.95. The summed E-state index contributed by atoms with van der Waals surface area (Å²) >= 11 is 6.31. The lowest BCUT2D eigenvalue weighted by Crippen LogP contribution is -2.26. The Morgan fingerprint density at radius 2 is 2.24 bits per heavy atom. The molecule has 1 aliphatic carbocycles. The molecule has 1 aromatic rings. The average molecular weight is 256 g/mol. The Kier molecular flexibility index (Phi) is 4.46. The molecule has 0 amide bonds. The number of aryl methyl sites for hydroxylation is 1. The fourth-order valence-electron chi connectivity index (χ4n) is 2.96. The van der Waals surface area contributed by atoms with Gasteiger partial charge in [0.1, 0.15) is 0 Å². The summed E-state index contributed by atoms with van der Waals surface area (Å²) < 4.78 is 2.07. The smallest absolute Gasteiger partial charge is 0.0834 e. The minimum atomic E-state index is 0.360. The average Bonchev–Trinajstić information content (AvgIpc) is 2.94. The summed E-state index contributed by atoms with van der Waals surface area (Å²) in [4.78, 5) is 0. The molecule has 0 radical (unpaired) electrons. The topological polar surface area (TPSA) is 29.9 Å². The summed E-state index contributed by atoms with van der Waals surface area (Å²) in [6, 6.07) is 0.360. The molecule has 1 aliphatic rings. The Morgan fingerprint density at radius 1 is 1.53 bits per heavy atom. The van der Waals surface area contributed by atoms with E-state index in [2.05, 4.69) is 22.0 Å². The lowest BCUT2D eigenvalue weighted by Gasteiger charge is -2.24. The second kappa shape index (κ2) is 5.87. The van der Waals surface area contributed by atoms with Crippen LogP contribution in [0.3, 0.4) is 0 Å². The summed E-state index contributed by atoms with van der Waals surface area (Å²) in [6.45, 7) is 3.12. The molecule has 1 atom stereocenters. The third-order valence-corrected chi connectivity index (χ3v) is 4.04. The molecule has 4 heteroatoms. The van der Waals surface area contributed by atoms with Gasteiger partial charge in [-0.2, -0.15) is 5.10 Å². The Balaban J connectivity index is 2.25. The molecule has 1 N–H and O–H groups in total. The second-order valence-corrected chi connectivity index (χ2v) is 5.32. The molecule has 17 heavy (non-hydrogen) atoms. The third kappa shape index (κ3) is 2.66. The van der Waals surface area contributed by atoms with Gasteiger partial charge in [0.15, 0.2) is 0 Å². The highest BCUT2D eigenvalue weighted by Gasteiger charge is 2.29. The highest BCUT2D eigenvalue weighted by atomic mass is 35.5. The van der Waals surface area contributed by atoms with Crippen LogP contribution in [0.1, 0.15) is 50.8 Å². The molecule has 0 aromatic carbocycles. The molecule has 0 bridgehead atoms. The summed E-state index contributed by atoms with van der Waals surface area (Å²) in [5, 5.41) is 8.64. The highest BCUT2D eigenvalue weighted by molar-refractivity contribution is 6.31. The van der Waals surface area contributed by atoms with Gasteiger partial charge in [0.05, 0.1) is 23.0 Å². The number of hydrogen-bond acceptors (Lipinski definition) is 2. The van der Waals surface area contributed by atoms with Crippen molar-refractivity contribution in [3.8, 4) is 0 Å². The van der Waals surface area contributed by atoms with Crippen molar-refractivity contribution in [2.75, 3.05) is 7.05 Å². The van der Waals surface area contributed by atoms with Crippen molar-refractivity contribution < 1.29 is 0 Å². The maximum atomic E-state index is 6.31. The fourth-order valence-corrected chi connectivity index (χ4v) is 3.22. The number of hydrogen-bond donors (Lipinski definition) is 1. The van der Waals surface area contributed by atoms with E-state index in [1.807, 2.05) is 7.05 Å². The van der Waals surface area contributed by atoms with Gasteiger partial charge in [0.25, 0.3) is 0 Å². The van der Waals surface area contributed by atoms with Crippen molar-refractivity contribution >= 4 is 11.6 Å². The fraction of sp³-hybridized carbons (Fsp3) is 0.769. The Labute approximate surface area is 109 Å². The zero-order valence-electron chi connectivity index (χ0n) is 10.7. The summed E-state index contributed by atoms with van der Waals surface area (Å²) in [5.41, 5.74) is 1.18. The zero-order valence-corrected chi connectivity index (χ0v) is 11.5. The number of nitrogens with zero attached hydrogens (tertiary/aromatic N) is 2. The van der Waals surface area contributed by atoms with Crippen LogP contribution in [0.15, 0.2) is 6.20 Å². The summed E-state index contributed by atoms with van der Waals surface area (Å²) in [5.74, 6) is 0.713. The normalized spacial score (nSPS) is 18.8. The lowest BCUT2D eigenvalue weighted by molar-refractivity contribution is 0.363. The van der Waals surface area contributed by atoms with Gasteiger partial charge in [-0.25, -0.2) is 0 Å². The van der Waals surface area contributed by atoms with Crippen LogP contribution in [0.25, 0.3) is 0 Å². The van der Waals surface area contributed by atoms with Crippen molar-refractivity contribution in [2.24, 2.45) is 5.92 Å². The quantitative estimate of drug-likeness (QED) is 0.874. The first-order valence-corrected chi connectivity index (χ1v) is 7.04. The molecule has 1 fully saturated rings. The van der Waals surface area contributed by atoms with Gasteiger partial charge in [-0.3, -0.25) is 4.68 Å². The Hall–Kier alpha value is -0.540. The Bertz CT molecular complexity index is 356. The Morgan fingerprint density at radius 3 is 2.82 bits per heavy atom. The minimum Gasteiger partial charge on any atom is -0.311 e. The number of aromatic nitrogens is 2. The summed E-state index contributed by atoms with van der Waals surface area (Å²) in [6.07, 6.45) is 8.18. The number of rotatable bonds is 5. The largest absolute Gasteiger partial charge is 0.311 e. The first-order valence-electron chi connectivity index (χ1n) is 6.66. The molecule has 0 aliphatic heterocycles. The predicted octanol–water partition coefficient (Wildman–Crippen LogP) is 3.40. The van der Waals surface area contributed by atoms with Gasteiger partial charge < -0.3 is 5.32 Å². The molecule has 1 saturated carbocycles. The van der Waals surface area contributed by atoms with E-state index in [1.54, 1.807) is 6.20 Å². The van der Waals surface area contributed by atoms with Crippen LogP contribution in [-0.4, -0.2) is 16.8 Å². The molecule has 0 spiro atoms. The van der Waals surface area contributed by atoms with Gasteiger partial charge in [-0.15, -0.1) is 0 Å². The van der Waals surface area contributed by atoms with Crippen molar-refractivity contribution in [2.45, 2.75) is 51.6 Å². The first kappa shape index (κ1) is 12.9. The van der Waals surface area contributed by atoms with Gasteiger partial charge in [0, 0.05) is 6.54 Å². The van der Waals surface area contributed by atoms with Crippen molar-refractivity contribution in [1.82, 2.24) is 15.1 Å². The molecule has 3 nitrogen and oxygen atoms in total. The maximum absolute atomic E-state index is 6.31. The SMILES string of the molecule is CCCn1ncc(Cl)c1C(NC)C1CCCC1. The van der Waals surface area contributed by atoms with Crippen molar-refractivity contribution in [3.63, 3.8) is 0 Å². The zero-order chi connectivity index (χ0) is 12.3. The first-order chi connectivity index (χ1) is 8.27. The molecular weight excluding hydrogens is 234 g/mol. The van der Waals surface area contributed by atoms with Crippen LogP contribution in [0.5, 0.6) is 0 Å². The highest BCUT2D eigenvalue weighted by Crippen LogP contribution is 2.37. The van der Waals surface area contributed by atoms with E-state index in [0.29, 0.717) is 12.0 Å². The molecular formula is C13H22ClN3. The van der Waals surface area contributed by atoms with E-state index in [1.165, 1.54) is 31.4 Å². The molecule has 1 heterocycles. The molecule has 1 unspecified atom stereocenters. The van der Waals surface area contributed by atoms with E-state index in [9.17, 15) is 0 Å². The van der Waals surface area contributed by atoms with Gasteiger partial charge in [0.2, 0.25) is 0 Å². The van der Waals surface area contributed by atoms with Crippen LogP contribution >= 0.6 is 11.6 Å². The van der Waals surface area contributed by atoms with E-state index < -0.39 is 0 Å². The molecule has 2 rings (SSSR count). The minimum absolute atomic E-state index is 0.360. The molecule has 96 valence electrons. The second-order valence-electron chi connectivity index (χ2n) is 4.91. The molecule has 0 saturated heterocycles. The van der Waals surface area contributed by atoms with Crippen LogP contribution in [-0.2, 0) is 6.54 Å². The van der Waals surface area contributed by atoms with Gasteiger partial charge in [-0.05, 0) is 32.2 Å². The van der Waals surface area contributed by atoms with Crippen molar-refractivity contribution in [1.29, 1.82) is 0 Å². The molecule has 1 aromatic heterocycles. The van der Waals surface area contributed by atoms with Crippen LogP contribution in [0.2, 0.25) is 5.02 Å². The van der Waals surface area contributed by atoms with Gasteiger partial charge in [-0.1, -0.05) is 31.4 Å². The van der Waals surface area contributed by atoms with E-state index >= 15 is 0 Å². The maximum Gasteiger partial charge on any atom is 0.0834 e. The van der Waals surface area contributed by atoms with Crippen LogP contribution in [0.4, 0.5) is 0 Å². The number of halogens is 1. The van der Waals surface area contributed by atoms with E-state index in [0.717, 1.165) is 18.0 Å².